The molecular formula is C21H17FN4O2. The molecule has 140 valence electrons. The Morgan fingerprint density at radius 3 is 2.86 bits per heavy atom. The van der Waals surface area contributed by atoms with E-state index in [1.54, 1.807) is 55.0 Å². The highest BCUT2D eigenvalue weighted by Crippen LogP contribution is 2.20. The summed E-state index contributed by atoms with van der Waals surface area (Å²) in [6.45, 7) is 0.449. The van der Waals surface area contributed by atoms with Crippen LogP contribution in [0.15, 0.2) is 65.5 Å². The SMILES string of the molecule is O=C(NCCc1cnccn1)c1ccc2nc(Cc3ccccc3F)oc2c1. The Labute approximate surface area is 160 Å². The van der Waals surface area contributed by atoms with Crippen LogP contribution < -0.4 is 5.32 Å². The van der Waals surface area contributed by atoms with Gasteiger partial charge in [-0.15, -0.1) is 0 Å². The Hall–Kier alpha value is -3.61. The second-order valence-electron chi connectivity index (χ2n) is 6.26. The fourth-order valence-electron chi connectivity index (χ4n) is 2.86. The zero-order valence-electron chi connectivity index (χ0n) is 14.9. The molecule has 0 radical (unpaired) electrons. The summed E-state index contributed by atoms with van der Waals surface area (Å²) in [6.07, 6.45) is 5.74. The maximum absolute atomic E-state index is 13.8. The normalized spacial score (nSPS) is 10.9. The van der Waals surface area contributed by atoms with Crippen molar-refractivity contribution < 1.29 is 13.6 Å². The van der Waals surface area contributed by atoms with E-state index in [4.69, 9.17) is 4.42 Å². The summed E-state index contributed by atoms with van der Waals surface area (Å²) < 4.78 is 19.5. The molecule has 4 rings (SSSR count). The topological polar surface area (TPSA) is 80.9 Å². The van der Waals surface area contributed by atoms with E-state index in [9.17, 15) is 9.18 Å². The molecule has 4 aromatic rings. The molecule has 2 heterocycles. The highest BCUT2D eigenvalue weighted by molar-refractivity contribution is 5.97. The Morgan fingerprint density at radius 1 is 1.14 bits per heavy atom. The Morgan fingerprint density at radius 2 is 2.04 bits per heavy atom. The zero-order chi connectivity index (χ0) is 19.3. The van der Waals surface area contributed by atoms with Crippen molar-refractivity contribution in [3.8, 4) is 0 Å². The lowest BCUT2D eigenvalue weighted by molar-refractivity contribution is 0.0954. The molecular weight excluding hydrogens is 359 g/mol. The fourth-order valence-corrected chi connectivity index (χ4v) is 2.86. The molecule has 0 aliphatic carbocycles. The summed E-state index contributed by atoms with van der Waals surface area (Å²) >= 11 is 0. The largest absolute Gasteiger partial charge is 0.440 e. The highest BCUT2D eigenvalue weighted by atomic mass is 19.1. The van der Waals surface area contributed by atoms with Crippen LogP contribution in [0.25, 0.3) is 11.1 Å². The first-order valence-corrected chi connectivity index (χ1v) is 8.85. The van der Waals surface area contributed by atoms with Gasteiger partial charge in [0.05, 0.1) is 12.1 Å². The minimum atomic E-state index is -0.298. The van der Waals surface area contributed by atoms with Gasteiger partial charge in [0, 0.05) is 37.1 Å². The molecule has 6 nitrogen and oxygen atoms in total. The van der Waals surface area contributed by atoms with Gasteiger partial charge >= 0.3 is 0 Å². The van der Waals surface area contributed by atoms with Crippen LogP contribution >= 0.6 is 0 Å². The van der Waals surface area contributed by atoms with Crippen molar-refractivity contribution in [2.45, 2.75) is 12.8 Å². The van der Waals surface area contributed by atoms with Crippen molar-refractivity contribution in [1.29, 1.82) is 0 Å². The standard InChI is InChI=1S/C21H17FN4O2/c22-17-4-2-1-3-14(17)12-20-26-18-6-5-15(11-19(18)28-20)21(27)25-8-7-16-13-23-9-10-24-16/h1-6,9-11,13H,7-8,12H2,(H,25,27). The van der Waals surface area contributed by atoms with Gasteiger partial charge in [0.15, 0.2) is 11.5 Å². The predicted molar refractivity (Wildman–Crippen MR) is 101 cm³/mol. The van der Waals surface area contributed by atoms with Gasteiger partial charge in [-0.05, 0) is 29.8 Å². The molecule has 7 heteroatoms. The molecule has 0 aliphatic heterocycles. The average Bonchev–Trinajstić information content (AvgIpc) is 3.12. The van der Waals surface area contributed by atoms with Crippen molar-refractivity contribution in [2.75, 3.05) is 6.54 Å². The number of benzene rings is 2. The first kappa shape index (κ1) is 17.8. The first-order chi connectivity index (χ1) is 13.7. The van der Waals surface area contributed by atoms with Gasteiger partial charge in [0.1, 0.15) is 11.3 Å². The van der Waals surface area contributed by atoms with Crippen LogP contribution in [0, 0.1) is 5.82 Å². The summed E-state index contributed by atoms with van der Waals surface area (Å²) in [6, 6.07) is 11.6. The third-order valence-corrected chi connectivity index (χ3v) is 4.28. The van der Waals surface area contributed by atoms with Gasteiger partial charge in [-0.2, -0.15) is 0 Å². The summed E-state index contributed by atoms with van der Waals surface area (Å²) in [5.41, 5.74) is 2.91. The number of fused-ring (bicyclic) bond motifs is 1. The quantitative estimate of drug-likeness (QED) is 0.558. The maximum atomic E-state index is 13.8. The molecule has 1 N–H and O–H groups in total. The Balaban J connectivity index is 1.44. The number of carbonyl (C=O) groups excluding carboxylic acids is 1. The number of carbonyl (C=O) groups is 1. The van der Waals surface area contributed by atoms with Crippen LogP contribution in [0.4, 0.5) is 4.39 Å². The zero-order valence-corrected chi connectivity index (χ0v) is 14.9. The minimum absolute atomic E-state index is 0.210. The van der Waals surface area contributed by atoms with E-state index in [2.05, 4.69) is 20.3 Å². The van der Waals surface area contributed by atoms with Crippen molar-refractivity contribution in [3.63, 3.8) is 0 Å². The molecule has 0 fully saturated rings. The number of nitrogens with zero attached hydrogens (tertiary/aromatic N) is 3. The summed E-state index contributed by atoms with van der Waals surface area (Å²) in [5.74, 6) is -0.105. The van der Waals surface area contributed by atoms with Crippen molar-refractivity contribution in [3.05, 3.63) is 89.6 Å². The molecule has 28 heavy (non-hydrogen) atoms. The highest BCUT2D eigenvalue weighted by Gasteiger charge is 2.12. The van der Waals surface area contributed by atoms with Crippen LogP contribution in [-0.2, 0) is 12.8 Å². The maximum Gasteiger partial charge on any atom is 0.251 e. The Bertz CT molecular complexity index is 1110. The van der Waals surface area contributed by atoms with Crippen molar-refractivity contribution in [1.82, 2.24) is 20.3 Å². The van der Waals surface area contributed by atoms with E-state index in [-0.39, 0.29) is 18.1 Å². The van der Waals surface area contributed by atoms with Gasteiger partial charge < -0.3 is 9.73 Å². The number of aromatic nitrogens is 3. The monoisotopic (exact) mass is 376 g/mol. The van der Waals surface area contributed by atoms with Crippen LogP contribution in [0.5, 0.6) is 0 Å². The van der Waals surface area contributed by atoms with Gasteiger partial charge in [0.25, 0.3) is 5.91 Å². The van der Waals surface area contributed by atoms with Crippen LogP contribution in [0.2, 0.25) is 0 Å². The lowest BCUT2D eigenvalue weighted by Gasteiger charge is -2.04. The van der Waals surface area contributed by atoms with Gasteiger partial charge in [-0.25, -0.2) is 9.37 Å². The van der Waals surface area contributed by atoms with E-state index in [1.165, 1.54) is 6.07 Å². The van der Waals surface area contributed by atoms with E-state index < -0.39 is 0 Å². The number of oxazole rings is 1. The third-order valence-electron chi connectivity index (χ3n) is 4.28. The summed E-state index contributed by atoms with van der Waals surface area (Å²) in [5, 5.41) is 2.85. The molecule has 0 saturated carbocycles. The smallest absolute Gasteiger partial charge is 0.251 e. The van der Waals surface area contributed by atoms with Gasteiger partial charge in [-0.1, -0.05) is 18.2 Å². The number of rotatable bonds is 6. The molecule has 0 saturated heterocycles. The molecule has 0 aliphatic rings. The van der Waals surface area contributed by atoms with E-state index in [1.807, 2.05) is 0 Å². The molecule has 0 spiro atoms. The van der Waals surface area contributed by atoms with Crippen molar-refractivity contribution in [2.24, 2.45) is 0 Å². The second kappa shape index (κ2) is 7.96. The molecule has 0 bridgehead atoms. The Kier molecular flexibility index (Phi) is 5.05. The minimum Gasteiger partial charge on any atom is -0.440 e. The molecule has 0 atom stereocenters. The average molecular weight is 376 g/mol. The van der Waals surface area contributed by atoms with Gasteiger partial charge in [-0.3, -0.25) is 14.8 Å². The number of amides is 1. The molecule has 2 aromatic heterocycles. The van der Waals surface area contributed by atoms with Crippen LogP contribution in [0.3, 0.4) is 0 Å². The lowest BCUT2D eigenvalue weighted by Crippen LogP contribution is -2.25. The predicted octanol–water partition coefficient (Wildman–Crippen LogP) is 3.32. The van der Waals surface area contributed by atoms with Crippen LogP contribution in [-0.4, -0.2) is 27.4 Å². The van der Waals surface area contributed by atoms with Crippen molar-refractivity contribution >= 4 is 17.0 Å². The number of hydrogen-bond donors (Lipinski definition) is 1. The lowest BCUT2D eigenvalue weighted by atomic mass is 10.1. The fraction of sp³-hybridized carbons (Fsp3) is 0.143. The number of halogens is 1. The van der Waals surface area contributed by atoms with E-state index in [0.717, 1.165) is 5.69 Å². The number of nitrogens with one attached hydrogen (secondary N) is 1. The molecule has 0 unspecified atom stereocenters. The number of hydrogen-bond acceptors (Lipinski definition) is 5. The van der Waals surface area contributed by atoms with E-state index >= 15 is 0 Å². The molecule has 1 amide bonds. The first-order valence-electron chi connectivity index (χ1n) is 8.85. The van der Waals surface area contributed by atoms with Gasteiger partial charge in [0.2, 0.25) is 0 Å². The summed E-state index contributed by atoms with van der Waals surface area (Å²) in [7, 11) is 0. The molecule has 2 aromatic carbocycles. The second-order valence-corrected chi connectivity index (χ2v) is 6.26. The third kappa shape index (κ3) is 4.03. The summed E-state index contributed by atoms with van der Waals surface area (Å²) in [4.78, 5) is 24.9. The van der Waals surface area contributed by atoms with Crippen LogP contribution in [0.1, 0.15) is 27.5 Å². The van der Waals surface area contributed by atoms with E-state index in [0.29, 0.717) is 41.1 Å².